The largest absolute Gasteiger partial charge is 0.476 e. The number of ketones is 1. The van der Waals surface area contributed by atoms with Crippen LogP contribution in [-0.4, -0.2) is 39.8 Å². The lowest BCUT2D eigenvalue weighted by Gasteiger charge is -2.33. The first kappa shape index (κ1) is 21.9. The Bertz CT molecular complexity index is 898. The number of nitrogens with zero attached hydrogens (tertiary/aromatic N) is 2. The van der Waals surface area contributed by atoms with Crippen LogP contribution in [0.25, 0.3) is 0 Å². The maximum Gasteiger partial charge on any atom is 0.372 e. The summed E-state index contributed by atoms with van der Waals surface area (Å²) in [7, 11) is 0. The second-order valence-electron chi connectivity index (χ2n) is 7.28. The van der Waals surface area contributed by atoms with Gasteiger partial charge in [0, 0.05) is 34.3 Å². The average molecular weight is 525 g/mol. The molecule has 0 atom stereocenters. The van der Waals surface area contributed by atoms with Gasteiger partial charge in [-0.1, -0.05) is 0 Å². The lowest BCUT2D eigenvalue weighted by Crippen LogP contribution is -2.33. The molecule has 1 aromatic heterocycles. The quantitative estimate of drug-likeness (QED) is 0.417. The molecule has 0 bridgehead atoms. The minimum Gasteiger partial charge on any atom is -0.476 e. The molecule has 0 unspecified atom stereocenters. The van der Waals surface area contributed by atoms with Gasteiger partial charge in [-0.3, -0.25) is 14.7 Å². The number of carboxylic acids is 1. The fourth-order valence-electron chi connectivity index (χ4n) is 3.76. The number of halogens is 2. The fraction of sp³-hybridized carbons (Fsp3) is 0.381. The van der Waals surface area contributed by atoms with Crippen LogP contribution in [0.4, 0.5) is 5.69 Å². The van der Waals surface area contributed by atoms with Gasteiger partial charge in [0.05, 0.1) is 5.69 Å². The molecule has 154 valence electrons. The number of aliphatic carboxylic acids is 1. The van der Waals surface area contributed by atoms with Crippen LogP contribution in [0.3, 0.4) is 0 Å². The highest BCUT2D eigenvalue weighted by Crippen LogP contribution is 2.36. The van der Waals surface area contributed by atoms with Gasteiger partial charge in [0.25, 0.3) is 0 Å². The molecule has 6 nitrogen and oxygen atoms in total. The van der Waals surface area contributed by atoms with Gasteiger partial charge in [0.15, 0.2) is 0 Å². The number of anilines is 1. The molecule has 0 saturated carbocycles. The maximum atomic E-state index is 11.6. The van der Waals surface area contributed by atoms with E-state index >= 15 is 0 Å². The van der Waals surface area contributed by atoms with Crippen LogP contribution >= 0.6 is 31.9 Å². The minimum absolute atomic E-state index is 0.0325. The van der Waals surface area contributed by atoms with Gasteiger partial charge in [-0.05, 0) is 105 Å². The molecule has 8 heteroatoms. The van der Waals surface area contributed by atoms with Gasteiger partial charge < -0.3 is 10.8 Å². The van der Waals surface area contributed by atoms with Crippen molar-refractivity contribution in [1.82, 2.24) is 9.88 Å². The number of likely N-dealkylation sites (tertiary alicyclic amines) is 1. The van der Waals surface area contributed by atoms with Gasteiger partial charge in [0.2, 0.25) is 5.78 Å². The second kappa shape index (κ2) is 9.82. The zero-order valence-electron chi connectivity index (χ0n) is 15.9. The van der Waals surface area contributed by atoms with Crippen molar-refractivity contribution in [3.05, 3.63) is 56.2 Å². The number of Topliss-reactive ketones (excluding diaryl/α,β-unsaturated/α-hetero) is 1. The number of aryl methyl sites for hydroxylation is 1. The third-order valence-electron chi connectivity index (χ3n) is 5.45. The minimum atomic E-state index is -1.39. The Kier molecular flexibility index (Phi) is 7.43. The van der Waals surface area contributed by atoms with Crippen LogP contribution in [0.15, 0.2) is 39.5 Å². The molecule has 1 aliphatic rings. The van der Waals surface area contributed by atoms with E-state index in [1.54, 1.807) is 0 Å². The van der Waals surface area contributed by atoms with Crippen molar-refractivity contribution in [2.24, 2.45) is 0 Å². The lowest BCUT2D eigenvalue weighted by molar-refractivity contribution is -0.149. The van der Waals surface area contributed by atoms with E-state index in [-0.39, 0.29) is 6.42 Å². The summed E-state index contributed by atoms with van der Waals surface area (Å²) in [5.74, 6) is -1.63. The first-order chi connectivity index (χ1) is 13.9. The van der Waals surface area contributed by atoms with E-state index in [1.807, 2.05) is 18.5 Å². The Labute approximate surface area is 186 Å². The molecule has 1 aromatic carbocycles. The zero-order chi connectivity index (χ0) is 21.0. The van der Waals surface area contributed by atoms with Crippen molar-refractivity contribution >= 4 is 49.3 Å². The summed E-state index contributed by atoms with van der Waals surface area (Å²) in [5.41, 5.74) is 10.1. The number of benzene rings is 1. The Morgan fingerprint density at radius 1 is 1.21 bits per heavy atom. The predicted octanol–water partition coefficient (Wildman–Crippen LogP) is 4.15. The third-order valence-corrected chi connectivity index (χ3v) is 7.02. The normalized spacial score (nSPS) is 15.4. The molecule has 1 saturated heterocycles. The molecule has 2 aromatic rings. The van der Waals surface area contributed by atoms with Crippen molar-refractivity contribution in [3.63, 3.8) is 0 Å². The lowest BCUT2D eigenvalue weighted by atomic mass is 9.89. The average Bonchev–Trinajstić information content (AvgIpc) is 2.73. The Morgan fingerprint density at radius 2 is 1.86 bits per heavy atom. The summed E-state index contributed by atoms with van der Waals surface area (Å²) in [5, 5.41) is 8.86. The molecule has 29 heavy (non-hydrogen) atoms. The molecule has 0 radical (unpaired) electrons. The second-order valence-corrected chi connectivity index (χ2v) is 8.93. The monoisotopic (exact) mass is 523 g/mol. The van der Waals surface area contributed by atoms with Crippen LogP contribution in [0, 0.1) is 0 Å². The summed E-state index contributed by atoms with van der Waals surface area (Å²) in [6, 6.07) is 6.07. The highest BCUT2D eigenvalue weighted by molar-refractivity contribution is 9.11. The van der Waals surface area contributed by atoms with Crippen molar-refractivity contribution in [2.45, 2.75) is 38.1 Å². The van der Waals surface area contributed by atoms with Gasteiger partial charge in [-0.15, -0.1) is 0 Å². The summed E-state index contributed by atoms with van der Waals surface area (Å²) in [6.07, 6.45) is 6.16. The van der Waals surface area contributed by atoms with Gasteiger partial charge in [0.1, 0.15) is 0 Å². The molecule has 2 heterocycles. The van der Waals surface area contributed by atoms with Crippen LogP contribution in [0.5, 0.6) is 0 Å². The zero-order valence-corrected chi connectivity index (χ0v) is 19.1. The number of nitrogen functional groups attached to an aromatic ring is 1. The molecule has 3 rings (SSSR count). The van der Waals surface area contributed by atoms with Crippen molar-refractivity contribution in [3.8, 4) is 0 Å². The summed E-state index contributed by atoms with van der Waals surface area (Å²) >= 11 is 7.05. The molecule has 0 spiro atoms. The van der Waals surface area contributed by atoms with Crippen LogP contribution < -0.4 is 5.73 Å². The number of hydrogen-bond acceptors (Lipinski definition) is 5. The fourth-order valence-corrected chi connectivity index (χ4v) is 5.09. The van der Waals surface area contributed by atoms with E-state index in [0.717, 1.165) is 46.0 Å². The van der Waals surface area contributed by atoms with Crippen LogP contribution in [0.1, 0.15) is 41.9 Å². The van der Waals surface area contributed by atoms with E-state index in [9.17, 15) is 9.59 Å². The molecule has 0 aliphatic carbocycles. The van der Waals surface area contributed by atoms with Gasteiger partial charge >= 0.3 is 5.97 Å². The number of carbonyl (C=O) groups is 2. The Morgan fingerprint density at radius 3 is 2.48 bits per heavy atom. The number of piperidine rings is 1. The van der Waals surface area contributed by atoms with Crippen LogP contribution in [-0.2, 0) is 22.6 Å². The first-order valence-electron chi connectivity index (χ1n) is 9.50. The van der Waals surface area contributed by atoms with Crippen molar-refractivity contribution < 1.29 is 14.7 Å². The standard InChI is InChI=1S/C21H23Br2N3O3/c22-17-11-15(1-2-18(27)21(28)29)16(19(23)20(17)24)12-26-9-5-14(6-10-26)13-3-7-25-8-4-13/h3-4,7-8,11,14H,1-2,5-6,9-10,12,24H2,(H,28,29). The molecule has 1 fully saturated rings. The highest BCUT2D eigenvalue weighted by Gasteiger charge is 2.23. The third kappa shape index (κ3) is 5.43. The molecular weight excluding hydrogens is 502 g/mol. The first-order valence-corrected chi connectivity index (χ1v) is 11.1. The van der Waals surface area contributed by atoms with E-state index in [2.05, 4.69) is 53.9 Å². The Balaban J connectivity index is 1.72. The Hall–Kier alpha value is -1.77. The van der Waals surface area contributed by atoms with E-state index in [0.29, 0.717) is 24.6 Å². The maximum absolute atomic E-state index is 11.6. The summed E-state index contributed by atoms with van der Waals surface area (Å²) in [4.78, 5) is 28.9. The van der Waals surface area contributed by atoms with Crippen molar-refractivity contribution in [1.29, 1.82) is 0 Å². The van der Waals surface area contributed by atoms with E-state index in [4.69, 9.17) is 10.8 Å². The summed E-state index contributed by atoms with van der Waals surface area (Å²) in [6.45, 7) is 2.63. The number of rotatable bonds is 7. The smallest absolute Gasteiger partial charge is 0.372 e. The number of carboxylic acid groups (broad SMARTS) is 1. The number of pyridine rings is 1. The molecule has 0 amide bonds. The molecule has 3 N–H and O–H groups in total. The predicted molar refractivity (Wildman–Crippen MR) is 119 cm³/mol. The van der Waals surface area contributed by atoms with Crippen molar-refractivity contribution in [2.75, 3.05) is 18.8 Å². The molecular formula is C21H23Br2N3O3. The van der Waals surface area contributed by atoms with E-state index < -0.39 is 11.8 Å². The van der Waals surface area contributed by atoms with E-state index in [1.165, 1.54) is 5.56 Å². The van der Waals surface area contributed by atoms with Gasteiger partial charge in [-0.2, -0.15) is 0 Å². The number of carbonyl (C=O) groups excluding carboxylic acids is 1. The SMILES string of the molecule is Nc1c(Br)cc(CCC(=O)C(=O)O)c(CN2CCC(c3ccncc3)CC2)c1Br. The highest BCUT2D eigenvalue weighted by atomic mass is 79.9. The van der Waals surface area contributed by atoms with Gasteiger partial charge in [-0.25, -0.2) is 4.79 Å². The molecule has 1 aliphatic heterocycles. The number of hydrogen-bond donors (Lipinski definition) is 2. The summed E-state index contributed by atoms with van der Waals surface area (Å²) < 4.78 is 1.54. The number of aromatic nitrogens is 1. The number of nitrogens with two attached hydrogens (primary N) is 1. The van der Waals surface area contributed by atoms with Crippen LogP contribution in [0.2, 0.25) is 0 Å². The topological polar surface area (TPSA) is 96.5 Å².